The van der Waals surface area contributed by atoms with E-state index in [-0.39, 0.29) is 0 Å². The minimum absolute atomic E-state index is 0.387. The second-order valence-corrected chi connectivity index (χ2v) is 4.35. The van der Waals surface area contributed by atoms with Crippen molar-refractivity contribution in [2.75, 3.05) is 13.2 Å². The lowest BCUT2D eigenvalue weighted by Crippen LogP contribution is -2.08. The van der Waals surface area contributed by atoms with Crippen molar-refractivity contribution in [1.82, 2.24) is 9.55 Å². The van der Waals surface area contributed by atoms with Crippen LogP contribution >= 0.6 is 23.2 Å². The Morgan fingerprint density at radius 1 is 1.41 bits per heavy atom. The van der Waals surface area contributed by atoms with Crippen LogP contribution in [0, 0.1) is 0 Å². The van der Waals surface area contributed by atoms with E-state index in [1.807, 2.05) is 25.1 Å². The molecule has 0 amide bonds. The highest BCUT2D eigenvalue weighted by Crippen LogP contribution is 2.21. The zero-order valence-electron chi connectivity index (χ0n) is 9.62. The van der Waals surface area contributed by atoms with E-state index in [4.69, 9.17) is 27.9 Å². The van der Waals surface area contributed by atoms with Gasteiger partial charge in [-0.3, -0.25) is 0 Å². The maximum atomic E-state index is 6.00. The fourth-order valence-corrected chi connectivity index (χ4v) is 2.17. The fourth-order valence-electron chi connectivity index (χ4n) is 1.80. The van der Waals surface area contributed by atoms with Crippen LogP contribution in [0.3, 0.4) is 0 Å². The van der Waals surface area contributed by atoms with Gasteiger partial charge in [0, 0.05) is 18.2 Å². The molecule has 92 valence electrons. The van der Waals surface area contributed by atoms with Crippen LogP contribution in [0.2, 0.25) is 5.02 Å². The van der Waals surface area contributed by atoms with Crippen LogP contribution in [0.5, 0.6) is 0 Å². The van der Waals surface area contributed by atoms with Crippen LogP contribution in [0.1, 0.15) is 12.7 Å². The molecule has 17 heavy (non-hydrogen) atoms. The molecule has 0 unspecified atom stereocenters. The Labute approximate surface area is 110 Å². The maximum Gasteiger partial charge on any atom is 0.124 e. The molecule has 0 bridgehead atoms. The standard InChI is InChI=1S/C12H14Cl2N2O/c1-2-17-6-5-16-11-7-9(14)3-4-10(11)15-12(16)8-13/h3-4,7H,2,5-6,8H2,1H3. The molecule has 0 saturated heterocycles. The van der Waals surface area contributed by atoms with E-state index in [0.29, 0.717) is 24.1 Å². The van der Waals surface area contributed by atoms with Gasteiger partial charge in [0.2, 0.25) is 0 Å². The Balaban J connectivity index is 2.38. The molecule has 0 fully saturated rings. The first kappa shape index (κ1) is 12.7. The number of ether oxygens (including phenoxy) is 1. The van der Waals surface area contributed by atoms with E-state index in [1.54, 1.807) is 0 Å². The lowest BCUT2D eigenvalue weighted by Gasteiger charge is -2.07. The highest BCUT2D eigenvalue weighted by molar-refractivity contribution is 6.31. The van der Waals surface area contributed by atoms with Crippen molar-refractivity contribution < 1.29 is 4.74 Å². The average molecular weight is 273 g/mol. The number of aromatic nitrogens is 2. The molecule has 0 saturated carbocycles. The Morgan fingerprint density at radius 3 is 2.94 bits per heavy atom. The lowest BCUT2D eigenvalue weighted by atomic mass is 10.3. The lowest BCUT2D eigenvalue weighted by molar-refractivity contribution is 0.139. The van der Waals surface area contributed by atoms with Crippen molar-refractivity contribution in [2.24, 2.45) is 0 Å². The van der Waals surface area contributed by atoms with Crippen LogP contribution in [0.15, 0.2) is 18.2 Å². The third-order valence-electron chi connectivity index (χ3n) is 2.57. The molecule has 5 heteroatoms. The molecule has 1 aromatic heterocycles. The smallest absolute Gasteiger partial charge is 0.124 e. The first-order valence-electron chi connectivity index (χ1n) is 5.54. The summed E-state index contributed by atoms with van der Waals surface area (Å²) in [7, 11) is 0. The zero-order valence-corrected chi connectivity index (χ0v) is 11.1. The topological polar surface area (TPSA) is 27.1 Å². The Morgan fingerprint density at radius 2 is 2.24 bits per heavy atom. The monoisotopic (exact) mass is 272 g/mol. The van der Waals surface area contributed by atoms with Gasteiger partial charge in [-0.15, -0.1) is 11.6 Å². The molecular formula is C12H14Cl2N2O. The first-order valence-corrected chi connectivity index (χ1v) is 6.46. The van der Waals surface area contributed by atoms with E-state index < -0.39 is 0 Å². The second kappa shape index (κ2) is 5.71. The molecule has 0 spiro atoms. The molecular weight excluding hydrogens is 259 g/mol. The molecule has 0 aliphatic rings. The maximum absolute atomic E-state index is 6.00. The van der Waals surface area contributed by atoms with Gasteiger partial charge >= 0.3 is 0 Å². The number of rotatable bonds is 5. The number of fused-ring (bicyclic) bond motifs is 1. The van der Waals surface area contributed by atoms with Crippen molar-refractivity contribution in [2.45, 2.75) is 19.3 Å². The number of halogens is 2. The summed E-state index contributed by atoms with van der Waals surface area (Å²) in [5, 5.41) is 0.705. The minimum atomic E-state index is 0.387. The van der Waals surface area contributed by atoms with E-state index in [2.05, 4.69) is 9.55 Å². The number of imidazole rings is 1. The van der Waals surface area contributed by atoms with Gasteiger partial charge in [-0.05, 0) is 25.1 Å². The molecule has 0 atom stereocenters. The van der Waals surface area contributed by atoms with Crippen molar-refractivity contribution in [3.63, 3.8) is 0 Å². The Hall–Kier alpha value is -0.770. The minimum Gasteiger partial charge on any atom is -0.380 e. The van der Waals surface area contributed by atoms with E-state index in [1.165, 1.54) is 0 Å². The Kier molecular flexibility index (Phi) is 4.26. The van der Waals surface area contributed by atoms with Gasteiger partial charge in [0.15, 0.2) is 0 Å². The summed E-state index contributed by atoms with van der Waals surface area (Å²) in [6, 6.07) is 5.65. The molecule has 1 aromatic carbocycles. The quantitative estimate of drug-likeness (QED) is 0.616. The molecule has 3 nitrogen and oxygen atoms in total. The summed E-state index contributed by atoms with van der Waals surface area (Å²) in [5.74, 6) is 1.24. The molecule has 0 aliphatic heterocycles. The zero-order chi connectivity index (χ0) is 12.3. The summed E-state index contributed by atoms with van der Waals surface area (Å²) < 4.78 is 7.42. The summed E-state index contributed by atoms with van der Waals surface area (Å²) in [6.07, 6.45) is 0. The van der Waals surface area contributed by atoms with E-state index in [0.717, 1.165) is 23.4 Å². The molecule has 2 rings (SSSR count). The second-order valence-electron chi connectivity index (χ2n) is 3.64. The van der Waals surface area contributed by atoms with Crippen LogP contribution in [-0.2, 0) is 17.2 Å². The van der Waals surface area contributed by atoms with Crippen LogP contribution < -0.4 is 0 Å². The van der Waals surface area contributed by atoms with Crippen molar-refractivity contribution >= 4 is 34.2 Å². The fraction of sp³-hybridized carbons (Fsp3) is 0.417. The molecule has 1 heterocycles. The highest BCUT2D eigenvalue weighted by Gasteiger charge is 2.09. The van der Waals surface area contributed by atoms with Gasteiger partial charge in [0.1, 0.15) is 5.82 Å². The number of nitrogens with zero attached hydrogens (tertiary/aromatic N) is 2. The molecule has 0 aliphatic carbocycles. The van der Waals surface area contributed by atoms with Gasteiger partial charge in [-0.25, -0.2) is 4.98 Å². The number of benzene rings is 1. The predicted octanol–water partition coefficient (Wildman–Crippen LogP) is 3.47. The van der Waals surface area contributed by atoms with Crippen molar-refractivity contribution in [3.05, 3.63) is 29.0 Å². The van der Waals surface area contributed by atoms with Crippen LogP contribution in [0.4, 0.5) is 0 Å². The van der Waals surface area contributed by atoms with E-state index in [9.17, 15) is 0 Å². The van der Waals surface area contributed by atoms with Gasteiger partial charge in [0.05, 0.1) is 23.5 Å². The van der Waals surface area contributed by atoms with Gasteiger partial charge in [0.25, 0.3) is 0 Å². The summed E-state index contributed by atoms with van der Waals surface area (Å²) in [4.78, 5) is 4.47. The summed E-state index contributed by atoms with van der Waals surface area (Å²) in [6.45, 7) is 4.08. The number of hydrogen-bond acceptors (Lipinski definition) is 2. The highest BCUT2D eigenvalue weighted by atomic mass is 35.5. The molecule has 0 radical (unpaired) electrons. The SMILES string of the molecule is CCOCCn1c(CCl)nc2ccc(Cl)cc21. The average Bonchev–Trinajstić information content (AvgIpc) is 2.67. The Bertz CT molecular complexity index is 510. The van der Waals surface area contributed by atoms with Crippen LogP contribution in [0.25, 0.3) is 11.0 Å². The van der Waals surface area contributed by atoms with Crippen LogP contribution in [-0.4, -0.2) is 22.8 Å². The van der Waals surface area contributed by atoms with Gasteiger partial charge < -0.3 is 9.30 Å². The normalized spacial score (nSPS) is 11.2. The molecule has 0 N–H and O–H groups in total. The summed E-state index contributed by atoms with van der Waals surface area (Å²) >= 11 is 11.9. The van der Waals surface area contributed by atoms with Gasteiger partial charge in [-0.2, -0.15) is 0 Å². The number of alkyl halides is 1. The number of hydrogen-bond donors (Lipinski definition) is 0. The molecule has 2 aromatic rings. The third-order valence-corrected chi connectivity index (χ3v) is 3.05. The van der Waals surface area contributed by atoms with Crippen molar-refractivity contribution in [3.8, 4) is 0 Å². The van der Waals surface area contributed by atoms with E-state index >= 15 is 0 Å². The first-order chi connectivity index (χ1) is 8.26. The third kappa shape index (κ3) is 2.73. The van der Waals surface area contributed by atoms with Gasteiger partial charge in [-0.1, -0.05) is 11.6 Å². The largest absolute Gasteiger partial charge is 0.380 e. The summed E-state index contributed by atoms with van der Waals surface area (Å²) in [5.41, 5.74) is 1.93. The predicted molar refractivity (Wildman–Crippen MR) is 70.8 cm³/mol. The van der Waals surface area contributed by atoms with Crippen molar-refractivity contribution in [1.29, 1.82) is 0 Å².